The zero-order chi connectivity index (χ0) is 26.2. The van der Waals surface area contributed by atoms with Gasteiger partial charge in [0.05, 0.1) is 6.61 Å². The third-order valence-corrected chi connectivity index (χ3v) is 8.21. The minimum atomic E-state index is 0.635. The number of aryl methyl sites for hydroxylation is 2. The first-order valence-electron chi connectivity index (χ1n) is 12.7. The number of hydrogen-bond acceptors (Lipinski definition) is 3. The van der Waals surface area contributed by atoms with Crippen LogP contribution in [0.2, 0.25) is 0 Å². The van der Waals surface area contributed by atoms with Crippen LogP contribution in [-0.4, -0.2) is 25.8 Å². The molecule has 6 rings (SSSR count). The first-order valence-corrected chi connectivity index (χ1v) is 14.7. The zero-order valence-corrected chi connectivity index (χ0v) is 24.9. The Labute approximate surface area is 244 Å². The lowest BCUT2D eigenvalue weighted by atomic mass is 9.98. The molecule has 1 aliphatic heterocycles. The van der Waals surface area contributed by atoms with Crippen LogP contribution in [0.4, 0.5) is 5.69 Å². The van der Waals surface area contributed by atoms with Crippen LogP contribution >= 0.6 is 44.1 Å². The second-order valence-corrected chi connectivity index (χ2v) is 11.5. The molecule has 0 radical (unpaired) electrons. The van der Waals surface area contributed by atoms with Gasteiger partial charge in [-0.05, 0) is 80.3 Å². The number of nitrogens with one attached hydrogen (secondary N) is 1. The monoisotopic (exact) mass is 648 g/mol. The Bertz CT molecular complexity index is 1620. The highest BCUT2D eigenvalue weighted by Gasteiger charge is 2.29. The molecule has 0 aliphatic carbocycles. The van der Waals surface area contributed by atoms with Crippen molar-refractivity contribution in [1.29, 1.82) is 0 Å². The van der Waals surface area contributed by atoms with Crippen molar-refractivity contribution in [3.05, 3.63) is 93.0 Å². The molecule has 2 aromatic heterocycles. The molecule has 0 atom stereocenters. The van der Waals surface area contributed by atoms with Crippen molar-refractivity contribution in [2.24, 2.45) is 0 Å². The zero-order valence-electron chi connectivity index (χ0n) is 20.9. The number of halogens is 2. The van der Waals surface area contributed by atoms with E-state index in [1.807, 2.05) is 31.2 Å². The minimum Gasteiger partial charge on any atom is -0.494 e. The molecule has 8 heteroatoms. The molecule has 0 bridgehead atoms. The second-order valence-electron chi connectivity index (χ2n) is 9.30. The van der Waals surface area contributed by atoms with Gasteiger partial charge in [0, 0.05) is 37.9 Å². The van der Waals surface area contributed by atoms with Gasteiger partial charge in [0.25, 0.3) is 0 Å². The van der Waals surface area contributed by atoms with Crippen LogP contribution in [0, 0.1) is 0 Å². The lowest BCUT2D eigenvalue weighted by Crippen LogP contribution is -2.15. The highest BCUT2D eigenvalue weighted by molar-refractivity contribution is 9.10. The Balaban J connectivity index is 1.54. The van der Waals surface area contributed by atoms with Crippen molar-refractivity contribution >= 4 is 60.4 Å². The van der Waals surface area contributed by atoms with Gasteiger partial charge in [0.2, 0.25) is 0 Å². The molecule has 3 aromatic carbocycles. The SMILES string of the molecule is CCOc1ccc(NC(=S)c2c(-c3ccc(Br)cc3)c3c4n(c(-c5ccc(Br)cc5)nn24)CCCC3)cc1. The Morgan fingerprint density at radius 3 is 2.24 bits per heavy atom. The molecule has 38 heavy (non-hydrogen) atoms. The van der Waals surface area contributed by atoms with Crippen molar-refractivity contribution in [2.45, 2.75) is 32.7 Å². The molecule has 0 unspecified atom stereocenters. The Kier molecular flexibility index (Phi) is 7.12. The largest absolute Gasteiger partial charge is 0.494 e. The van der Waals surface area contributed by atoms with E-state index >= 15 is 0 Å². The van der Waals surface area contributed by atoms with Crippen molar-refractivity contribution in [3.63, 3.8) is 0 Å². The number of anilines is 1. The van der Waals surface area contributed by atoms with Crippen LogP contribution < -0.4 is 10.1 Å². The predicted molar refractivity (Wildman–Crippen MR) is 165 cm³/mol. The standard InChI is InChI=1S/C30H26Br2N4OS/c1-2-37-24-16-14-23(15-17-24)33-29(38)27-26(19-6-10-21(31)11-7-19)25-5-3-4-18-35-28(34-36(27)30(25)35)20-8-12-22(32)13-9-20/h6-17H,2-5,18H2,1H3,(H,33,38). The molecule has 3 heterocycles. The van der Waals surface area contributed by atoms with Gasteiger partial charge < -0.3 is 14.6 Å². The highest BCUT2D eigenvalue weighted by atomic mass is 79.9. The number of thiocarbonyl (C=S) groups is 1. The predicted octanol–water partition coefficient (Wildman–Crippen LogP) is 8.52. The van der Waals surface area contributed by atoms with Gasteiger partial charge in [-0.25, -0.2) is 4.52 Å². The maximum Gasteiger partial charge on any atom is 0.162 e. The average Bonchev–Trinajstić information content (AvgIpc) is 3.34. The number of aromatic nitrogens is 3. The first-order chi connectivity index (χ1) is 18.5. The van der Waals surface area contributed by atoms with E-state index in [1.54, 1.807) is 0 Å². The minimum absolute atomic E-state index is 0.635. The van der Waals surface area contributed by atoms with E-state index in [-0.39, 0.29) is 0 Å². The van der Waals surface area contributed by atoms with Gasteiger partial charge in [-0.3, -0.25) is 0 Å². The van der Waals surface area contributed by atoms with Gasteiger partial charge in [-0.1, -0.05) is 68.3 Å². The van der Waals surface area contributed by atoms with Crippen molar-refractivity contribution < 1.29 is 4.74 Å². The third-order valence-electron chi connectivity index (χ3n) is 6.86. The first kappa shape index (κ1) is 25.3. The summed E-state index contributed by atoms with van der Waals surface area (Å²) in [5, 5.41) is 8.68. The summed E-state index contributed by atoms with van der Waals surface area (Å²) >= 11 is 13.3. The number of benzene rings is 3. The summed E-state index contributed by atoms with van der Waals surface area (Å²) in [6, 6.07) is 24.8. The summed E-state index contributed by atoms with van der Waals surface area (Å²) in [6.07, 6.45) is 3.20. The van der Waals surface area contributed by atoms with Crippen molar-refractivity contribution in [3.8, 4) is 28.3 Å². The van der Waals surface area contributed by atoms with E-state index < -0.39 is 0 Å². The van der Waals surface area contributed by atoms with E-state index in [0.29, 0.717) is 11.6 Å². The summed E-state index contributed by atoms with van der Waals surface area (Å²) in [7, 11) is 0. The molecule has 192 valence electrons. The second kappa shape index (κ2) is 10.7. The number of rotatable bonds is 6. The molecule has 0 spiro atoms. The van der Waals surface area contributed by atoms with Crippen LogP contribution in [0.1, 0.15) is 31.0 Å². The highest BCUT2D eigenvalue weighted by Crippen LogP contribution is 2.39. The summed E-state index contributed by atoms with van der Waals surface area (Å²) < 4.78 is 12.2. The molecular weight excluding hydrogens is 624 g/mol. The normalized spacial score (nSPS) is 12.9. The van der Waals surface area contributed by atoms with Crippen LogP contribution in [0.15, 0.2) is 81.7 Å². The van der Waals surface area contributed by atoms with Gasteiger partial charge in [-0.15, -0.1) is 5.10 Å². The summed E-state index contributed by atoms with van der Waals surface area (Å²) in [5.41, 5.74) is 7.64. The van der Waals surface area contributed by atoms with Crippen LogP contribution in [0.25, 0.3) is 28.2 Å². The molecule has 0 amide bonds. The lowest BCUT2D eigenvalue weighted by Gasteiger charge is -2.12. The van der Waals surface area contributed by atoms with Gasteiger partial charge in [0.1, 0.15) is 22.1 Å². The van der Waals surface area contributed by atoms with Crippen LogP contribution in [0.5, 0.6) is 5.75 Å². The van der Waals surface area contributed by atoms with E-state index in [2.05, 4.69) is 94.8 Å². The molecule has 0 saturated carbocycles. The molecule has 5 aromatic rings. The number of nitrogens with zero attached hydrogens (tertiary/aromatic N) is 3. The summed E-state index contributed by atoms with van der Waals surface area (Å²) in [4.78, 5) is 0.640. The summed E-state index contributed by atoms with van der Waals surface area (Å²) in [6.45, 7) is 3.54. The van der Waals surface area contributed by atoms with Gasteiger partial charge >= 0.3 is 0 Å². The van der Waals surface area contributed by atoms with Crippen molar-refractivity contribution in [1.82, 2.24) is 14.2 Å². The third kappa shape index (κ3) is 4.70. The molecule has 0 saturated heterocycles. The quantitative estimate of drug-likeness (QED) is 0.187. The number of hydrogen-bond donors (Lipinski definition) is 1. The van der Waals surface area contributed by atoms with Gasteiger partial charge in [0.15, 0.2) is 5.82 Å². The lowest BCUT2D eigenvalue weighted by molar-refractivity contribution is 0.340. The van der Waals surface area contributed by atoms with E-state index in [4.69, 9.17) is 22.1 Å². The summed E-state index contributed by atoms with van der Waals surface area (Å²) in [5.74, 6) is 1.80. The van der Waals surface area contributed by atoms with E-state index in [9.17, 15) is 0 Å². The van der Waals surface area contributed by atoms with E-state index in [0.717, 1.165) is 80.0 Å². The Morgan fingerprint density at radius 1 is 0.921 bits per heavy atom. The topological polar surface area (TPSA) is 43.5 Å². The van der Waals surface area contributed by atoms with E-state index in [1.165, 1.54) is 5.56 Å². The Morgan fingerprint density at radius 2 is 1.58 bits per heavy atom. The van der Waals surface area contributed by atoms with Crippen LogP contribution in [0.3, 0.4) is 0 Å². The maximum atomic E-state index is 6.10. The number of ether oxygens (including phenoxy) is 1. The molecule has 1 aliphatic rings. The Hall–Kier alpha value is -2.94. The smallest absolute Gasteiger partial charge is 0.162 e. The van der Waals surface area contributed by atoms with Crippen LogP contribution in [-0.2, 0) is 13.0 Å². The molecular formula is C30H26Br2N4OS. The maximum absolute atomic E-state index is 6.10. The molecule has 1 N–H and O–H groups in total. The fourth-order valence-corrected chi connectivity index (χ4v) is 6.01. The molecule has 5 nitrogen and oxygen atoms in total. The average molecular weight is 650 g/mol. The molecule has 0 fully saturated rings. The fraction of sp³-hybridized carbons (Fsp3) is 0.200. The van der Waals surface area contributed by atoms with Gasteiger partial charge in [-0.2, -0.15) is 0 Å². The van der Waals surface area contributed by atoms with Crippen molar-refractivity contribution in [2.75, 3.05) is 11.9 Å². The fourth-order valence-electron chi connectivity index (χ4n) is 5.18.